The van der Waals surface area contributed by atoms with Crippen molar-refractivity contribution >= 4 is 45.7 Å². The van der Waals surface area contributed by atoms with Gasteiger partial charge in [-0.3, -0.25) is 14.3 Å². The molecule has 150 valence electrons. The number of hydrogen-bond acceptors (Lipinski definition) is 5. The highest BCUT2D eigenvalue weighted by Gasteiger charge is 2.13. The van der Waals surface area contributed by atoms with Crippen LogP contribution >= 0.6 is 23.2 Å². The third-order valence-corrected chi connectivity index (χ3v) is 4.67. The molecule has 0 unspecified atom stereocenters. The predicted molar refractivity (Wildman–Crippen MR) is 115 cm³/mol. The third-order valence-electron chi connectivity index (χ3n) is 4.20. The molecule has 0 radical (unpaired) electrons. The second-order valence-electron chi connectivity index (χ2n) is 6.27. The summed E-state index contributed by atoms with van der Waals surface area (Å²) in [5.41, 5.74) is 0.802. The second-order valence-corrected chi connectivity index (χ2v) is 7.11. The molecule has 0 aliphatic carbocycles. The van der Waals surface area contributed by atoms with Crippen molar-refractivity contribution < 1.29 is 9.53 Å². The zero-order valence-corrected chi connectivity index (χ0v) is 16.9. The average Bonchev–Trinajstić information content (AvgIpc) is 2.74. The Morgan fingerprint density at radius 3 is 2.67 bits per heavy atom. The van der Waals surface area contributed by atoms with Crippen LogP contribution in [0, 0.1) is 0 Å². The zero-order chi connectivity index (χ0) is 21.1. The van der Waals surface area contributed by atoms with Gasteiger partial charge in [0, 0.05) is 11.6 Å². The van der Waals surface area contributed by atoms with Crippen LogP contribution in [0.3, 0.4) is 0 Å². The molecule has 4 aromatic rings. The lowest BCUT2D eigenvalue weighted by molar-refractivity contribution is -0.116. The van der Waals surface area contributed by atoms with Crippen LogP contribution in [-0.2, 0) is 11.3 Å². The molecule has 0 atom stereocenters. The van der Waals surface area contributed by atoms with E-state index in [0.29, 0.717) is 27.4 Å². The van der Waals surface area contributed by atoms with Gasteiger partial charge in [-0.05, 0) is 30.3 Å². The number of fused-ring (bicyclic) bond motifs is 1. The molecule has 4 rings (SSSR count). The zero-order valence-electron chi connectivity index (χ0n) is 15.4. The Balaban J connectivity index is 1.56. The van der Waals surface area contributed by atoms with Crippen LogP contribution in [0.2, 0.25) is 10.0 Å². The predicted octanol–water partition coefficient (Wildman–Crippen LogP) is 4.53. The lowest BCUT2D eigenvalue weighted by Gasteiger charge is -2.13. The highest BCUT2D eigenvalue weighted by atomic mass is 35.5. The van der Waals surface area contributed by atoms with E-state index in [9.17, 15) is 9.59 Å². The summed E-state index contributed by atoms with van der Waals surface area (Å²) in [6.45, 7) is -0.0882. The second kappa shape index (κ2) is 8.52. The number of amides is 1. The molecule has 0 saturated carbocycles. The summed E-state index contributed by atoms with van der Waals surface area (Å²) in [7, 11) is 0. The van der Waals surface area contributed by atoms with E-state index in [-0.39, 0.29) is 28.8 Å². The highest BCUT2D eigenvalue weighted by Crippen LogP contribution is 2.33. The van der Waals surface area contributed by atoms with Crippen LogP contribution < -0.4 is 15.5 Å². The Morgan fingerprint density at radius 2 is 1.83 bits per heavy atom. The summed E-state index contributed by atoms with van der Waals surface area (Å²) in [5.74, 6) is 0.179. The average molecular weight is 441 g/mol. The molecule has 7 nitrogen and oxygen atoms in total. The van der Waals surface area contributed by atoms with Crippen molar-refractivity contribution in [1.29, 1.82) is 0 Å². The minimum Gasteiger partial charge on any atom is -0.435 e. The molecular formula is C21H14Cl2N4O3. The first-order valence-electron chi connectivity index (χ1n) is 8.84. The number of aromatic nitrogens is 3. The van der Waals surface area contributed by atoms with Crippen molar-refractivity contribution in [2.75, 3.05) is 5.32 Å². The smallest absolute Gasteiger partial charge is 0.246 e. The van der Waals surface area contributed by atoms with Crippen molar-refractivity contribution in [3.63, 3.8) is 0 Å². The van der Waals surface area contributed by atoms with E-state index in [0.717, 1.165) is 0 Å². The van der Waals surface area contributed by atoms with E-state index in [1.54, 1.807) is 48.5 Å². The van der Waals surface area contributed by atoms with Gasteiger partial charge >= 0.3 is 0 Å². The van der Waals surface area contributed by atoms with Gasteiger partial charge in [-0.15, -0.1) is 0 Å². The molecule has 0 saturated heterocycles. The Morgan fingerprint density at radius 1 is 1.07 bits per heavy atom. The molecule has 30 heavy (non-hydrogen) atoms. The number of halogens is 2. The van der Waals surface area contributed by atoms with Gasteiger partial charge in [0.05, 0.1) is 22.4 Å². The van der Waals surface area contributed by atoms with Gasteiger partial charge in [-0.2, -0.15) is 5.10 Å². The number of hydrogen-bond donors (Lipinski definition) is 1. The van der Waals surface area contributed by atoms with E-state index in [1.807, 2.05) is 0 Å². The molecular weight excluding hydrogens is 427 g/mol. The molecule has 0 aliphatic rings. The topological polar surface area (TPSA) is 86.1 Å². The maximum Gasteiger partial charge on any atom is 0.246 e. The molecule has 0 aliphatic heterocycles. The molecule has 0 bridgehead atoms. The summed E-state index contributed by atoms with van der Waals surface area (Å²) in [6, 6.07) is 15.4. The maximum absolute atomic E-state index is 12.7. The summed E-state index contributed by atoms with van der Waals surface area (Å²) in [5, 5.41) is 7.98. The fourth-order valence-corrected chi connectivity index (χ4v) is 3.27. The first-order valence-corrected chi connectivity index (χ1v) is 9.59. The highest BCUT2D eigenvalue weighted by molar-refractivity contribution is 6.35. The SMILES string of the molecule is O=C(Cn1ncc(=O)c2ccccc21)Nc1ccccc1Oc1ncc(Cl)cc1Cl. The number of nitrogens with one attached hydrogen (secondary N) is 1. The Hall–Kier alpha value is -3.42. The lowest BCUT2D eigenvalue weighted by Crippen LogP contribution is -2.22. The van der Waals surface area contributed by atoms with Crippen LogP contribution in [-0.4, -0.2) is 20.7 Å². The number of anilines is 1. The van der Waals surface area contributed by atoms with E-state index >= 15 is 0 Å². The molecule has 9 heteroatoms. The fourth-order valence-electron chi connectivity index (χ4n) is 2.85. The van der Waals surface area contributed by atoms with Gasteiger partial charge in [0.1, 0.15) is 11.6 Å². The van der Waals surface area contributed by atoms with Gasteiger partial charge in [0.25, 0.3) is 0 Å². The van der Waals surface area contributed by atoms with Gasteiger partial charge < -0.3 is 10.1 Å². The number of ether oxygens (including phenoxy) is 1. The first-order chi connectivity index (χ1) is 14.5. The van der Waals surface area contributed by atoms with E-state index in [2.05, 4.69) is 15.4 Å². The van der Waals surface area contributed by atoms with Gasteiger partial charge in [-0.1, -0.05) is 47.5 Å². The summed E-state index contributed by atoms with van der Waals surface area (Å²) >= 11 is 12.0. The minimum atomic E-state index is -0.345. The van der Waals surface area contributed by atoms with Crippen LogP contribution in [0.4, 0.5) is 5.69 Å². The Labute approximate surface area is 180 Å². The van der Waals surface area contributed by atoms with Crippen molar-refractivity contribution in [3.8, 4) is 11.6 Å². The number of benzene rings is 2. The molecule has 2 heterocycles. The normalized spacial score (nSPS) is 10.7. The quantitative estimate of drug-likeness (QED) is 0.492. The maximum atomic E-state index is 12.7. The van der Waals surface area contributed by atoms with Crippen molar-refractivity contribution in [2.24, 2.45) is 0 Å². The molecule has 2 aromatic heterocycles. The number of rotatable bonds is 5. The summed E-state index contributed by atoms with van der Waals surface area (Å²) in [6.07, 6.45) is 2.61. The molecule has 1 N–H and O–H groups in total. The van der Waals surface area contributed by atoms with Crippen molar-refractivity contribution in [2.45, 2.75) is 6.54 Å². The summed E-state index contributed by atoms with van der Waals surface area (Å²) in [4.78, 5) is 28.7. The van der Waals surface area contributed by atoms with Gasteiger partial charge in [-0.25, -0.2) is 4.98 Å². The van der Waals surface area contributed by atoms with Gasteiger partial charge in [0.15, 0.2) is 5.75 Å². The third kappa shape index (κ3) is 4.27. The molecule has 1 amide bonds. The minimum absolute atomic E-state index is 0.0882. The number of para-hydroxylation sites is 3. The first kappa shape index (κ1) is 19.9. The lowest BCUT2D eigenvalue weighted by atomic mass is 10.2. The largest absolute Gasteiger partial charge is 0.435 e. The monoisotopic (exact) mass is 440 g/mol. The standard InChI is InChI=1S/C21H14Cl2N4O3/c22-13-9-15(23)21(24-10-13)30-19-8-4-2-6-16(19)26-20(29)12-27-17-7-3-1-5-14(17)18(28)11-25-27/h1-11H,12H2,(H,26,29). The fraction of sp³-hybridized carbons (Fsp3) is 0.0476. The number of carbonyl (C=O) groups is 1. The molecule has 2 aromatic carbocycles. The molecule has 0 spiro atoms. The van der Waals surface area contributed by atoms with Crippen molar-refractivity contribution in [1.82, 2.24) is 14.8 Å². The number of pyridine rings is 1. The van der Waals surface area contributed by atoms with Crippen molar-refractivity contribution in [3.05, 3.63) is 87.3 Å². The van der Waals surface area contributed by atoms with E-state index < -0.39 is 0 Å². The van der Waals surface area contributed by atoms with E-state index in [1.165, 1.54) is 23.1 Å². The Bertz CT molecular complexity index is 1310. The number of nitrogens with zero attached hydrogens (tertiary/aromatic N) is 3. The van der Waals surface area contributed by atoms with Crippen LogP contribution in [0.15, 0.2) is 71.8 Å². The summed E-state index contributed by atoms with van der Waals surface area (Å²) < 4.78 is 7.22. The van der Waals surface area contributed by atoms with E-state index in [4.69, 9.17) is 27.9 Å². The Kier molecular flexibility index (Phi) is 5.65. The van der Waals surface area contributed by atoms with Crippen LogP contribution in [0.5, 0.6) is 11.6 Å². The van der Waals surface area contributed by atoms with Crippen LogP contribution in [0.25, 0.3) is 10.9 Å². The van der Waals surface area contributed by atoms with Crippen LogP contribution in [0.1, 0.15) is 0 Å². The number of carbonyl (C=O) groups excluding carboxylic acids is 1. The molecule has 0 fully saturated rings. The van der Waals surface area contributed by atoms with Gasteiger partial charge in [0.2, 0.25) is 17.2 Å².